The summed E-state index contributed by atoms with van der Waals surface area (Å²) in [7, 11) is 0. The molecule has 1 fully saturated rings. The normalized spacial score (nSPS) is 13.6. The number of rotatable bonds is 6. The molecular weight excluding hydrogens is 313 g/mol. The average molecular weight is 329 g/mol. The van der Waals surface area contributed by atoms with Crippen molar-refractivity contribution in [2.24, 2.45) is 0 Å². The van der Waals surface area contributed by atoms with Crippen LogP contribution in [0.5, 0.6) is 0 Å². The number of thiazole rings is 1. The Labute approximate surface area is 138 Å². The Morgan fingerprint density at radius 3 is 3.00 bits per heavy atom. The lowest BCUT2D eigenvalue weighted by atomic mass is 10.2. The Morgan fingerprint density at radius 1 is 1.48 bits per heavy atom. The van der Waals surface area contributed by atoms with Crippen LogP contribution in [0.3, 0.4) is 0 Å². The maximum absolute atomic E-state index is 13.3. The largest absolute Gasteiger partial charge is 0.338 e. The third-order valence-corrected chi connectivity index (χ3v) is 4.67. The molecule has 1 heterocycles. The molecule has 0 unspecified atom stereocenters. The van der Waals surface area contributed by atoms with Crippen LogP contribution in [0.2, 0.25) is 0 Å². The van der Waals surface area contributed by atoms with Gasteiger partial charge in [0.05, 0.1) is 24.6 Å². The number of nitriles is 1. The van der Waals surface area contributed by atoms with E-state index in [9.17, 15) is 9.18 Å². The van der Waals surface area contributed by atoms with E-state index in [2.05, 4.69) is 11.1 Å². The summed E-state index contributed by atoms with van der Waals surface area (Å²) < 4.78 is 13.3. The molecule has 118 valence electrons. The zero-order chi connectivity index (χ0) is 16.2. The summed E-state index contributed by atoms with van der Waals surface area (Å²) in [5.41, 5.74) is 1.42. The fourth-order valence-electron chi connectivity index (χ4n) is 2.47. The van der Waals surface area contributed by atoms with E-state index in [-0.39, 0.29) is 24.2 Å². The smallest absolute Gasteiger partial charge is 0.228 e. The van der Waals surface area contributed by atoms with Crippen LogP contribution in [0.4, 0.5) is 4.39 Å². The van der Waals surface area contributed by atoms with Gasteiger partial charge in [-0.25, -0.2) is 9.37 Å². The standard InChI is InChI=1S/C17H16FN3OS/c18-13-4-1-3-12(9-13)17-20-14(11-23-17)10-16(22)21(8-2-7-19)15-5-6-15/h1,3-4,9,11,15H,2,5-6,8,10H2. The average Bonchev–Trinajstić information content (AvgIpc) is 3.26. The minimum absolute atomic E-state index is 0.0128. The number of nitrogens with zero attached hydrogens (tertiary/aromatic N) is 3. The molecule has 1 amide bonds. The molecule has 0 spiro atoms. The van der Waals surface area contributed by atoms with Gasteiger partial charge in [0.15, 0.2) is 0 Å². The topological polar surface area (TPSA) is 57.0 Å². The summed E-state index contributed by atoms with van der Waals surface area (Å²) in [5, 5.41) is 11.3. The zero-order valence-corrected chi connectivity index (χ0v) is 13.4. The number of benzene rings is 1. The fraction of sp³-hybridized carbons (Fsp3) is 0.353. The van der Waals surface area contributed by atoms with Crippen molar-refractivity contribution < 1.29 is 9.18 Å². The number of halogens is 1. The first-order chi connectivity index (χ1) is 11.2. The molecule has 3 rings (SSSR count). The van der Waals surface area contributed by atoms with Gasteiger partial charge in [-0.15, -0.1) is 11.3 Å². The molecule has 23 heavy (non-hydrogen) atoms. The molecule has 1 saturated carbocycles. The summed E-state index contributed by atoms with van der Waals surface area (Å²) in [6, 6.07) is 8.66. The van der Waals surface area contributed by atoms with Gasteiger partial charge in [-0.05, 0) is 25.0 Å². The van der Waals surface area contributed by atoms with Crippen molar-refractivity contribution in [3.63, 3.8) is 0 Å². The Balaban J connectivity index is 1.68. The van der Waals surface area contributed by atoms with E-state index in [1.807, 2.05) is 5.38 Å². The van der Waals surface area contributed by atoms with Gasteiger partial charge in [0.1, 0.15) is 10.8 Å². The Hall–Kier alpha value is -2.26. The number of hydrogen-bond donors (Lipinski definition) is 0. The first-order valence-electron chi connectivity index (χ1n) is 7.54. The minimum atomic E-state index is -0.299. The van der Waals surface area contributed by atoms with Gasteiger partial charge in [0, 0.05) is 23.5 Å². The van der Waals surface area contributed by atoms with Crippen LogP contribution in [0, 0.1) is 17.1 Å². The van der Waals surface area contributed by atoms with Crippen molar-refractivity contribution >= 4 is 17.2 Å². The third kappa shape index (κ3) is 3.93. The van der Waals surface area contributed by atoms with Crippen LogP contribution < -0.4 is 0 Å². The summed E-state index contributed by atoms with van der Waals surface area (Å²) in [4.78, 5) is 18.7. The van der Waals surface area contributed by atoms with E-state index in [1.165, 1.54) is 23.5 Å². The lowest BCUT2D eigenvalue weighted by Crippen LogP contribution is -2.35. The van der Waals surface area contributed by atoms with Crippen LogP contribution >= 0.6 is 11.3 Å². The number of carbonyl (C=O) groups is 1. The molecule has 0 N–H and O–H groups in total. The third-order valence-electron chi connectivity index (χ3n) is 3.73. The van der Waals surface area contributed by atoms with Gasteiger partial charge >= 0.3 is 0 Å². The Morgan fingerprint density at radius 2 is 2.30 bits per heavy atom. The van der Waals surface area contributed by atoms with Gasteiger partial charge in [-0.3, -0.25) is 4.79 Å². The zero-order valence-electron chi connectivity index (χ0n) is 12.5. The quantitative estimate of drug-likeness (QED) is 0.816. The van der Waals surface area contributed by atoms with Crippen LogP contribution in [0.25, 0.3) is 10.6 Å². The van der Waals surface area contributed by atoms with Gasteiger partial charge < -0.3 is 4.90 Å². The summed E-state index contributed by atoms with van der Waals surface area (Å²) >= 11 is 1.41. The van der Waals surface area contributed by atoms with E-state index >= 15 is 0 Å². The van der Waals surface area contributed by atoms with E-state index in [0.29, 0.717) is 23.7 Å². The molecule has 1 aromatic heterocycles. The predicted molar refractivity (Wildman–Crippen MR) is 86.2 cm³/mol. The molecule has 4 nitrogen and oxygen atoms in total. The fourth-order valence-corrected chi connectivity index (χ4v) is 3.28. The number of amides is 1. The van der Waals surface area contributed by atoms with Crippen molar-refractivity contribution in [1.29, 1.82) is 5.26 Å². The summed E-state index contributed by atoms with van der Waals surface area (Å²) in [6.45, 7) is 0.487. The molecule has 0 radical (unpaired) electrons. The second-order valence-corrected chi connectivity index (χ2v) is 6.42. The highest BCUT2D eigenvalue weighted by atomic mass is 32.1. The van der Waals surface area contributed by atoms with Crippen molar-refractivity contribution in [1.82, 2.24) is 9.88 Å². The number of aromatic nitrogens is 1. The van der Waals surface area contributed by atoms with Gasteiger partial charge in [0.25, 0.3) is 0 Å². The van der Waals surface area contributed by atoms with Gasteiger partial charge in [0.2, 0.25) is 5.91 Å². The van der Waals surface area contributed by atoms with Gasteiger partial charge in [-0.1, -0.05) is 12.1 Å². The maximum Gasteiger partial charge on any atom is 0.228 e. The Bertz CT molecular complexity index is 748. The molecule has 0 atom stereocenters. The van der Waals surface area contributed by atoms with Crippen LogP contribution in [-0.4, -0.2) is 28.4 Å². The highest BCUT2D eigenvalue weighted by Gasteiger charge is 2.32. The molecule has 0 bridgehead atoms. The second kappa shape index (κ2) is 6.88. The summed E-state index contributed by atoms with van der Waals surface area (Å²) in [6.07, 6.45) is 2.62. The highest BCUT2D eigenvalue weighted by molar-refractivity contribution is 7.13. The maximum atomic E-state index is 13.3. The molecule has 1 aromatic carbocycles. The second-order valence-electron chi connectivity index (χ2n) is 5.56. The molecule has 1 aliphatic carbocycles. The van der Waals surface area contributed by atoms with E-state index in [0.717, 1.165) is 18.4 Å². The molecule has 2 aromatic rings. The monoisotopic (exact) mass is 329 g/mol. The first kappa shape index (κ1) is 15.6. The first-order valence-corrected chi connectivity index (χ1v) is 8.42. The number of hydrogen-bond acceptors (Lipinski definition) is 4. The van der Waals surface area contributed by atoms with E-state index < -0.39 is 0 Å². The van der Waals surface area contributed by atoms with E-state index in [4.69, 9.17) is 5.26 Å². The highest BCUT2D eigenvalue weighted by Crippen LogP contribution is 2.28. The molecular formula is C17H16FN3OS. The number of carbonyl (C=O) groups excluding carboxylic acids is 1. The molecule has 6 heteroatoms. The van der Waals surface area contributed by atoms with Crippen LogP contribution in [0.15, 0.2) is 29.6 Å². The predicted octanol–water partition coefficient (Wildman–Crippen LogP) is 3.40. The molecule has 0 saturated heterocycles. The molecule has 1 aliphatic rings. The van der Waals surface area contributed by atoms with Crippen molar-refractivity contribution in [3.8, 4) is 16.6 Å². The minimum Gasteiger partial charge on any atom is -0.338 e. The molecule has 0 aliphatic heterocycles. The Kier molecular flexibility index (Phi) is 4.68. The van der Waals surface area contributed by atoms with E-state index in [1.54, 1.807) is 17.0 Å². The van der Waals surface area contributed by atoms with Crippen LogP contribution in [-0.2, 0) is 11.2 Å². The van der Waals surface area contributed by atoms with Crippen LogP contribution in [0.1, 0.15) is 25.0 Å². The lowest BCUT2D eigenvalue weighted by molar-refractivity contribution is -0.131. The van der Waals surface area contributed by atoms with Crippen molar-refractivity contribution in [2.45, 2.75) is 31.7 Å². The lowest BCUT2D eigenvalue weighted by Gasteiger charge is -2.20. The summed E-state index contributed by atoms with van der Waals surface area (Å²) in [5.74, 6) is -0.286. The SMILES string of the molecule is N#CCCN(C(=O)Cc1csc(-c2cccc(F)c2)n1)C1CC1. The van der Waals surface area contributed by atoms with Crippen molar-refractivity contribution in [3.05, 3.63) is 41.2 Å². The van der Waals surface area contributed by atoms with Gasteiger partial charge in [-0.2, -0.15) is 5.26 Å². The van der Waals surface area contributed by atoms with Crippen molar-refractivity contribution in [2.75, 3.05) is 6.54 Å².